The van der Waals surface area contributed by atoms with Gasteiger partial charge in [0.15, 0.2) is 5.82 Å². The second-order valence-electron chi connectivity index (χ2n) is 9.90. The Labute approximate surface area is 252 Å². The van der Waals surface area contributed by atoms with Gasteiger partial charge in [0.05, 0.1) is 29.8 Å². The highest BCUT2D eigenvalue weighted by atomic mass is 19.1. The number of H-pyrrole nitrogens is 1. The third kappa shape index (κ3) is 6.66. The van der Waals surface area contributed by atoms with Crippen molar-refractivity contribution in [3.05, 3.63) is 107 Å². The van der Waals surface area contributed by atoms with Crippen LogP contribution in [0.2, 0.25) is 0 Å². The smallest absolute Gasteiger partial charge is 0.336 e. The van der Waals surface area contributed by atoms with Crippen molar-refractivity contribution >= 4 is 28.9 Å². The van der Waals surface area contributed by atoms with Crippen LogP contribution in [-0.2, 0) is 4.74 Å². The molecule has 0 radical (unpaired) electrons. The van der Waals surface area contributed by atoms with Gasteiger partial charge in [-0.3, -0.25) is 4.99 Å². The number of benzene rings is 4. The van der Waals surface area contributed by atoms with Gasteiger partial charge in [0.25, 0.3) is 6.01 Å². The summed E-state index contributed by atoms with van der Waals surface area (Å²) < 4.78 is 41.7. The van der Waals surface area contributed by atoms with Crippen LogP contribution >= 0.6 is 0 Å². The van der Waals surface area contributed by atoms with Crippen LogP contribution in [0, 0.1) is 18.6 Å². The van der Waals surface area contributed by atoms with E-state index in [1.54, 1.807) is 55.6 Å². The van der Waals surface area contributed by atoms with Gasteiger partial charge in [0, 0.05) is 24.6 Å². The first-order valence-electron chi connectivity index (χ1n) is 13.9. The molecule has 4 aromatic carbocycles. The molecule has 0 amide bonds. The van der Waals surface area contributed by atoms with E-state index in [2.05, 4.69) is 15.0 Å². The van der Waals surface area contributed by atoms with E-state index >= 15 is 8.78 Å². The highest BCUT2D eigenvalue weighted by Gasteiger charge is 2.20. The molecule has 0 saturated heterocycles. The fourth-order valence-corrected chi connectivity index (χ4v) is 4.63. The third-order valence-corrected chi connectivity index (χ3v) is 6.95. The summed E-state index contributed by atoms with van der Waals surface area (Å²) in [4.78, 5) is 22.6. The van der Waals surface area contributed by atoms with E-state index < -0.39 is 17.6 Å². The van der Waals surface area contributed by atoms with Crippen LogP contribution in [0.5, 0.6) is 11.8 Å². The molecule has 224 valence electrons. The zero-order chi connectivity index (χ0) is 31.2. The SMILES string of the molecule is CCOCCN=C/C=C(\N)c1ccc(-c2ccc(-c3c(F)cc4[nH]c(Oc5ccc(C)c(C(=O)O)c5)nc4c3F)cc2)cc1. The van der Waals surface area contributed by atoms with Gasteiger partial charge in [-0.15, -0.1) is 0 Å². The number of aromatic carboxylic acids is 1. The number of carboxylic acid groups (broad SMARTS) is 1. The summed E-state index contributed by atoms with van der Waals surface area (Å²) >= 11 is 0. The molecule has 0 aliphatic carbocycles. The van der Waals surface area contributed by atoms with Crippen molar-refractivity contribution in [3.63, 3.8) is 0 Å². The van der Waals surface area contributed by atoms with Crippen molar-refractivity contribution in [1.82, 2.24) is 9.97 Å². The van der Waals surface area contributed by atoms with Crippen LogP contribution in [0.4, 0.5) is 8.78 Å². The Hall–Kier alpha value is -5.35. The average molecular weight is 597 g/mol. The molecule has 0 unspecified atom stereocenters. The number of carboxylic acids is 1. The minimum atomic E-state index is -1.11. The molecule has 8 nitrogen and oxygen atoms in total. The first kappa shape index (κ1) is 30.1. The summed E-state index contributed by atoms with van der Waals surface area (Å²) in [5.41, 5.74) is 10.1. The molecule has 10 heteroatoms. The maximum absolute atomic E-state index is 15.6. The van der Waals surface area contributed by atoms with Crippen LogP contribution in [0.25, 0.3) is 39.0 Å². The number of aromatic nitrogens is 2. The number of nitrogens with one attached hydrogen (secondary N) is 1. The molecular formula is C34H30F2N4O4. The second-order valence-corrected chi connectivity index (χ2v) is 9.90. The largest absolute Gasteiger partial charge is 0.478 e. The van der Waals surface area contributed by atoms with Crippen LogP contribution in [0.1, 0.15) is 28.4 Å². The number of nitrogens with two attached hydrogens (primary N) is 1. The summed E-state index contributed by atoms with van der Waals surface area (Å²) in [7, 11) is 0. The number of nitrogens with zero attached hydrogens (tertiary/aromatic N) is 2. The lowest BCUT2D eigenvalue weighted by Crippen LogP contribution is -2.00. The molecule has 1 aromatic heterocycles. The van der Waals surface area contributed by atoms with E-state index in [1.807, 2.05) is 31.2 Å². The number of rotatable bonds is 11. The Kier molecular flexibility index (Phi) is 9.11. The van der Waals surface area contributed by atoms with E-state index in [0.29, 0.717) is 36.6 Å². The van der Waals surface area contributed by atoms with E-state index in [0.717, 1.165) is 22.8 Å². The van der Waals surface area contributed by atoms with Crippen molar-refractivity contribution in [3.8, 4) is 34.0 Å². The number of aliphatic imine (C=N–C) groups is 1. The fourth-order valence-electron chi connectivity index (χ4n) is 4.63. The normalized spacial score (nSPS) is 11.9. The third-order valence-electron chi connectivity index (χ3n) is 6.95. The molecule has 4 N–H and O–H groups in total. The van der Waals surface area contributed by atoms with Gasteiger partial charge in [0.1, 0.15) is 17.1 Å². The minimum absolute atomic E-state index is 0.0632. The zero-order valence-electron chi connectivity index (χ0n) is 24.1. The number of ether oxygens (including phenoxy) is 2. The lowest BCUT2D eigenvalue weighted by atomic mass is 9.98. The highest BCUT2D eigenvalue weighted by Crippen LogP contribution is 2.34. The maximum Gasteiger partial charge on any atom is 0.336 e. The van der Waals surface area contributed by atoms with E-state index in [9.17, 15) is 9.90 Å². The number of aromatic amines is 1. The number of halogens is 2. The first-order valence-corrected chi connectivity index (χ1v) is 13.9. The number of allylic oxidation sites excluding steroid dienone is 1. The van der Waals surface area contributed by atoms with Gasteiger partial charge < -0.3 is 25.3 Å². The molecule has 0 saturated carbocycles. The Morgan fingerprint density at radius 3 is 2.39 bits per heavy atom. The van der Waals surface area contributed by atoms with Gasteiger partial charge >= 0.3 is 5.97 Å². The predicted octanol–water partition coefficient (Wildman–Crippen LogP) is 7.38. The van der Waals surface area contributed by atoms with Crippen molar-refractivity contribution in [2.75, 3.05) is 19.8 Å². The van der Waals surface area contributed by atoms with E-state index in [4.69, 9.17) is 15.2 Å². The van der Waals surface area contributed by atoms with Gasteiger partial charge in [-0.1, -0.05) is 54.6 Å². The lowest BCUT2D eigenvalue weighted by molar-refractivity contribution is 0.0695. The van der Waals surface area contributed by atoms with Crippen molar-refractivity contribution < 1.29 is 28.2 Å². The van der Waals surface area contributed by atoms with Gasteiger partial charge in [0.2, 0.25) is 0 Å². The topological polar surface area (TPSA) is 123 Å². The molecule has 44 heavy (non-hydrogen) atoms. The predicted molar refractivity (Wildman–Crippen MR) is 167 cm³/mol. The Morgan fingerprint density at radius 2 is 1.70 bits per heavy atom. The minimum Gasteiger partial charge on any atom is -0.478 e. The summed E-state index contributed by atoms with van der Waals surface area (Å²) in [6, 6.07) is 20.1. The molecule has 5 aromatic rings. The fraction of sp³-hybridized carbons (Fsp3) is 0.147. The number of carbonyl (C=O) groups is 1. The highest BCUT2D eigenvalue weighted by molar-refractivity contribution is 5.90. The number of imidazole rings is 1. The van der Waals surface area contributed by atoms with Crippen molar-refractivity contribution in [1.29, 1.82) is 0 Å². The quantitative estimate of drug-likeness (QED) is 0.108. The van der Waals surface area contributed by atoms with Crippen molar-refractivity contribution in [2.24, 2.45) is 10.7 Å². The Balaban J connectivity index is 1.33. The number of hydrogen-bond acceptors (Lipinski definition) is 6. The summed E-state index contributed by atoms with van der Waals surface area (Å²) in [5.74, 6) is -2.53. The van der Waals surface area contributed by atoms with Gasteiger partial charge in [-0.25, -0.2) is 13.6 Å². The molecule has 5 rings (SSSR count). The standard InChI is InChI=1S/C34H30F2N4O4/c1-3-43-17-16-38-15-14-28(37)23-9-5-21(6-10-23)22-7-11-24(12-8-22)30-27(35)19-29-32(31(30)36)40-34(39-29)44-25-13-4-20(2)26(18-25)33(41)42/h4-15,18-19H,3,16-17,37H2,1-2H3,(H,39,40)(H,41,42)/b28-14-,38-15?. The maximum atomic E-state index is 15.6. The van der Waals surface area contributed by atoms with Crippen LogP contribution in [0.15, 0.2) is 83.9 Å². The molecule has 0 atom stereocenters. The van der Waals surface area contributed by atoms with Crippen LogP contribution < -0.4 is 10.5 Å². The summed E-state index contributed by atoms with van der Waals surface area (Å²) in [6.45, 7) is 5.38. The van der Waals surface area contributed by atoms with E-state index in [-0.39, 0.29) is 33.9 Å². The Bertz CT molecular complexity index is 1860. The summed E-state index contributed by atoms with van der Waals surface area (Å²) in [5, 5.41) is 9.36. The molecule has 0 aliphatic heterocycles. The summed E-state index contributed by atoms with van der Waals surface area (Å²) in [6.07, 6.45) is 3.40. The number of hydrogen-bond donors (Lipinski definition) is 3. The lowest BCUT2D eigenvalue weighted by Gasteiger charge is -2.08. The number of fused-ring (bicyclic) bond motifs is 1. The molecule has 1 heterocycles. The van der Waals surface area contributed by atoms with Crippen molar-refractivity contribution in [2.45, 2.75) is 13.8 Å². The van der Waals surface area contributed by atoms with Crippen LogP contribution in [0.3, 0.4) is 0 Å². The molecule has 0 spiro atoms. The zero-order valence-corrected chi connectivity index (χ0v) is 24.1. The molecule has 0 bridgehead atoms. The second kappa shape index (κ2) is 13.3. The molecule has 0 aliphatic rings. The van der Waals surface area contributed by atoms with E-state index in [1.165, 1.54) is 6.07 Å². The number of aryl methyl sites for hydroxylation is 1. The monoisotopic (exact) mass is 596 g/mol. The first-order chi connectivity index (χ1) is 21.2. The molecule has 0 fully saturated rings. The van der Waals surface area contributed by atoms with Gasteiger partial charge in [-0.2, -0.15) is 4.98 Å². The average Bonchev–Trinajstić information content (AvgIpc) is 3.42. The Morgan fingerprint density at radius 1 is 1.02 bits per heavy atom. The van der Waals surface area contributed by atoms with Crippen LogP contribution in [-0.4, -0.2) is 47.0 Å². The van der Waals surface area contributed by atoms with Gasteiger partial charge in [-0.05, 0) is 59.9 Å². The molecular weight excluding hydrogens is 566 g/mol.